The van der Waals surface area contributed by atoms with Gasteiger partial charge in [0.25, 0.3) is 0 Å². The van der Waals surface area contributed by atoms with E-state index in [0.29, 0.717) is 31.5 Å². The van der Waals surface area contributed by atoms with Gasteiger partial charge in [0.05, 0.1) is 19.3 Å². The minimum atomic E-state index is -0.204. The molecule has 1 unspecified atom stereocenters. The Hall–Kier alpha value is -1.44. The Kier molecular flexibility index (Phi) is 7.86. The van der Waals surface area contributed by atoms with Crippen molar-refractivity contribution in [3.63, 3.8) is 0 Å². The number of nitrogens with zero attached hydrogens (tertiary/aromatic N) is 2. The van der Waals surface area contributed by atoms with Crippen molar-refractivity contribution >= 4 is 11.6 Å². The number of anilines is 2. The molecule has 20 heavy (non-hydrogen) atoms. The van der Waals surface area contributed by atoms with E-state index < -0.39 is 0 Å². The van der Waals surface area contributed by atoms with Crippen LogP contribution in [0.1, 0.15) is 19.7 Å². The molecule has 0 spiro atoms. The molecule has 0 saturated heterocycles. The van der Waals surface area contributed by atoms with E-state index in [-0.39, 0.29) is 12.6 Å². The Labute approximate surface area is 119 Å². The second-order valence-electron chi connectivity index (χ2n) is 4.20. The molecule has 0 aromatic carbocycles. The topological polar surface area (TPSA) is 88.5 Å². The fourth-order valence-electron chi connectivity index (χ4n) is 1.65. The first-order valence-corrected chi connectivity index (χ1v) is 6.79. The van der Waals surface area contributed by atoms with Crippen LogP contribution in [-0.2, 0) is 16.1 Å². The van der Waals surface area contributed by atoms with E-state index in [0.717, 1.165) is 12.4 Å². The van der Waals surface area contributed by atoms with Gasteiger partial charge in [0.1, 0.15) is 18.2 Å². The van der Waals surface area contributed by atoms with E-state index in [1.807, 2.05) is 13.8 Å². The number of rotatable bonds is 10. The average molecular weight is 284 g/mol. The first-order valence-electron chi connectivity index (χ1n) is 6.79. The molecule has 114 valence electrons. The van der Waals surface area contributed by atoms with Crippen molar-refractivity contribution in [3.8, 4) is 0 Å². The molecule has 0 radical (unpaired) electrons. The van der Waals surface area contributed by atoms with Crippen molar-refractivity contribution in [1.82, 2.24) is 9.97 Å². The van der Waals surface area contributed by atoms with Crippen molar-refractivity contribution in [2.75, 3.05) is 44.1 Å². The highest BCUT2D eigenvalue weighted by molar-refractivity contribution is 5.48. The van der Waals surface area contributed by atoms with Crippen molar-refractivity contribution in [1.29, 1.82) is 0 Å². The third-order valence-corrected chi connectivity index (χ3v) is 2.51. The van der Waals surface area contributed by atoms with Crippen LogP contribution in [0.15, 0.2) is 6.07 Å². The Morgan fingerprint density at radius 1 is 1.30 bits per heavy atom. The number of hydrogen-bond acceptors (Lipinski definition) is 7. The van der Waals surface area contributed by atoms with Crippen LogP contribution in [0.5, 0.6) is 0 Å². The largest absolute Gasteiger partial charge is 0.394 e. The summed E-state index contributed by atoms with van der Waals surface area (Å²) < 4.78 is 10.4. The summed E-state index contributed by atoms with van der Waals surface area (Å²) in [5.74, 6) is 1.97. The van der Waals surface area contributed by atoms with Crippen molar-refractivity contribution in [2.45, 2.75) is 26.5 Å². The fraction of sp³-hybridized carbons (Fsp3) is 0.692. The smallest absolute Gasteiger partial charge is 0.158 e. The molecule has 0 aliphatic heterocycles. The Bertz CT molecular complexity index is 390. The molecule has 0 bridgehead atoms. The Morgan fingerprint density at radius 2 is 2.05 bits per heavy atom. The molecule has 0 aliphatic rings. The molecule has 3 N–H and O–H groups in total. The van der Waals surface area contributed by atoms with Crippen LogP contribution in [0.25, 0.3) is 0 Å². The van der Waals surface area contributed by atoms with E-state index in [9.17, 15) is 5.11 Å². The number of nitrogens with one attached hydrogen (secondary N) is 2. The predicted octanol–water partition coefficient (Wildman–Crippen LogP) is 0.864. The molecule has 1 atom stereocenters. The number of hydrogen-bond donors (Lipinski definition) is 3. The number of aliphatic hydroxyl groups is 1. The number of methoxy groups -OCH3 is 1. The fourth-order valence-corrected chi connectivity index (χ4v) is 1.65. The maximum absolute atomic E-state index is 9.28. The summed E-state index contributed by atoms with van der Waals surface area (Å²) >= 11 is 0. The van der Waals surface area contributed by atoms with E-state index in [1.165, 1.54) is 0 Å². The minimum absolute atomic E-state index is 0.0326. The lowest BCUT2D eigenvalue weighted by Gasteiger charge is -2.17. The van der Waals surface area contributed by atoms with Crippen LogP contribution in [0.4, 0.5) is 11.6 Å². The molecule has 0 saturated carbocycles. The van der Waals surface area contributed by atoms with Crippen molar-refractivity contribution < 1.29 is 14.6 Å². The standard InChI is InChI=1S/C13H24N4O3/c1-4-14-11-6-12(15-10(7-18)8-19-3)17-13(16-11)9-20-5-2/h6,10,18H,4-5,7-9H2,1-3H3,(H2,14,15,16,17). The summed E-state index contributed by atoms with van der Waals surface area (Å²) in [6.07, 6.45) is 0. The molecule has 1 rings (SSSR count). The normalized spacial score (nSPS) is 12.2. The third kappa shape index (κ3) is 5.68. The van der Waals surface area contributed by atoms with Crippen LogP contribution in [0, 0.1) is 0 Å². The quantitative estimate of drug-likeness (QED) is 0.587. The third-order valence-electron chi connectivity index (χ3n) is 2.51. The molecule has 7 heteroatoms. The molecule has 7 nitrogen and oxygen atoms in total. The second-order valence-corrected chi connectivity index (χ2v) is 4.20. The summed E-state index contributed by atoms with van der Waals surface area (Å²) in [4.78, 5) is 8.73. The second kappa shape index (κ2) is 9.46. The first kappa shape index (κ1) is 16.6. The van der Waals surface area contributed by atoms with E-state index >= 15 is 0 Å². The lowest BCUT2D eigenvalue weighted by atomic mass is 10.3. The summed E-state index contributed by atoms with van der Waals surface area (Å²) in [5, 5.41) is 15.5. The van der Waals surface area contributed by atoms with Crippen LogP contribution in [0.3, 0.4) is 0 Å². The number of aliphatic hydroxyl groups excluding tert-OH is 1. The highest BCUT2D eigenvalue weighted by Crippen LogP contribution is 2.13. The maximum Gasteiger partial charge on any atom is 0.158 e. The van der Waals surface area contributed by atoms with Gasteiger partial charge in [-0.2, -0.15) is 0 Å². The molecule has 1 aromatic heterocycles. The van der Waals surface area contributed by atoms with Crippen LogP contribution in [0.2, 0.25) is 0 Å². The molecule has 0 aliphatic carbocycles. The van der Waals surface area contributed by atoms with Crippen molar-refractivity contribution in [2.24, 2.45) is 0 Å². The van der Waals surface area contributed by atoms with Crippen molar-refractivity contribution in [3.05, 3.63) is 11.9 Å². The summed E-state index contributed by atoms with van der Waals surface area (Å²) in [6, 6.07) is 1.60. The van der Waals surface area contributed by atoms with Gasteiger partial charge in [-0.25, -0.2) is 9.97 Å². The first-order chi connectivity index (χ1) is 9.73. The molecule has 0 amide bonds. The average Bonchev–Trinajstić information content (AvgIpc) is 2.45. The summed E-state index contributed by atoms with van der Waals surface area (Å²) in [6.45, 7) is 6.03. The van der Waals surface area contributed by atoms with Crippen LogP contribution in [-0.4, -0.2) is 54.6 Å². The van der Waals surface area contributed by atoms with Gasteiger partial charge in [-0.1, -0.05) is 0 Å². The van der Waals surface area contributed by atoms with E-state index in [4.69, 9.17) is 9.47 Å². The SMILES string of the molecule is CCNc1cc(NC(CO)COC)nc(COCC)n1. The number of ether oxygens (including phenoxy) is 2. The lowest BCUT2D eigenvalue weighted by molar-refractivity contribution is 0.128. The van der Waals surface area contributed by atoms with E-state index in [2.05, 4.69) is 20.6 Å². The summed E-state index contributed by atoms with van der Waals surface area (Å²) in [7, 11) is 1.59. The van der Waals surface area contributed by atoms with Gasteiger partial charge in [-0.15, -0.1) is 0 Å². The van der Waals surface area contributed by atoms with Gasteiger partial charge in [0.2, 0.25) is 0 Å². The maximum atomic E-state index is 9.28. The Morgan fingerprint density at radius 3 is 2.65 bits per heavy atom. The van der Waals surface area contributed by atoms with Gasteiger partial charge >= 0.3 is 0 Å². The zero-order valence-electron chi connectivity index (χ0n) is 12.3. The van der Waals surface area contributed by atoms with Gasteiger partial charge in [0.15, 0.2) is 5.82 Å². The minimum Gasteiger partial charge on any atom is -0.394 e. The van der Waals surface area contributed by atoms with Gasteiger partial charge in [-0.05, 0) is 13.8 Å². The Balaban J connectivity index is 2.83. The van der Waals surface area contributed by atoms with Gasteiger partial charge < -0.3 is 25.2 Å². The highest BCUT2D eigenvalue weighted by atomic mass is 16.5. The molecule has 1 heterocycles. The molecular formula is C13H24N4O3. The zero-order valence-corrected chi connectivity index (χ0v) is 12.3. The van der Waals surface area contributed by atoms with E-state index in [1.54, 1.807) is 13.2 Å². The summed E-state index contributed by atoms with van der Waals surface area (Å²) in [5.41, 5.74) is 0. The van der Waals surface area contributed by atoms with Gasteiger partial charge in [0, 0.05) is 26.3 Å². The predicted molar refractivity (Wildman–Crippen MR) is 77.9 cm³/mol. The molecule has 0 fully saturated rings. The lowest BCUT2D eigenvalue weighted by Crippen LogP contribution is -2.29. The highest BCUT2D eigenvalue weighted by Gasteiger charge is 2.10. The number of aromatic nitrogens is 2. The van der Waals surface area contributed by atoms with Gasteiger partial charge in [-0.3, -0.25) is 0 Å². The monoisotopic (exact) mass is 284 g/mol. The van der Waals surface area contributed by atoms with Crippen LogP contribution < -0.4 is 10.6 Å². The van der Waals surface area contributed by atoms with Crippen LogP contribution >= 0.6 is 0 Å². The zero-order chi connectivity index (χ0) is 14.8. The molecule has 1 aromatic rings. The molecular weight excluding hydrogens is 260 g/mol.